The van der Waals surface area contributed by atoms with Gasteiger partial charge in [0.2, 0.25) is 5.91 Å². The summed E-state index contributed by atoms with van der Waals surface area (Å²) in [6, 6.07) is 14.3. The summed E-state index contributed by atoms with van der Waals surface area (Å²) in [6.07, 6.45) is 9.79. The van der Waals surface area contributed by atoms with E-state index in [-0.39, 0.29) is 5.92 Å². The molecule has 1 aromatic carbocycles. The normalized spacial score (nSPS) is 17.1. The summed E-state index contributed by atoms with van der Waals surface area (Å²) < 4.78 is 5.89. The SMILES string of the molecule is C=C/C(=C\C=C(/C)OCc1ccccc1)c1cc2c(N3CCN(C(=O)C4CC4)CC3)ccnc2[nH]1. The van der Waals surface area contributed by atoms with Gasteiger partial charge in [0.15, 0.2) is 0 Å². The number of rotatable bonds is 8. The molecule has 6 nitrogen and oxygen atoms in total. The lowest BCUT2D eigenvalue weighted by Crippen LogP contribution is -2.49. The number of aromatic amines is 1. The van der Waals surface area contributed by atoms with Gasteiger partial charge in [-0.05, 0) is 55.2 Å². The van der Waals surface area contributed by atoms with Gasteiger partial charge in [-0.3, -0.25) is 4.79 Å². The van der Waals surface area contributed by atoms with Crippen molar-refractivity contribution in [3.8, 4) is 0 Å². The highest BCUT2D eigenvalue weighted by Gasteiger charge is 2.34. The van der Waals surface area contributed by atoms with Crippen molar-refractivity contribution in [1.82, 2.24) is 14.9 Å². The molecule has 1 saturated carbocycles. The maximum absolute atomic E-state index is 12.4. The molecule has 1 N–H and O–H groups in total. The molecule has 1 aliphatic carbocycles. The van der Waals surface area contributed by atoms with Crippen molar-refractivity contribution in [2.75, 3.05) is 31.1 Å². The fourth-order valence-corrected chi connectivity index (χ4v) is 4.49. The van der Waals surface area contributed by atoms with Crippen LogP contribution in [-0.2, 0) is 16.1 Å². The average Bonchev–Trinajstić information content (AvgIpc) is 3.66. The number of allylic oxidation sites excluding steroid dienone is 5. The van der Waals surface area contributed by atoms with Gasteiger partial charge in [0.1, 0.15) is 12.3 Å². The third-order valence-electron chi connectivity index (χ3n) is 6.71. The zero-order valence-corrected chi connectivity index (χ0v) is 20.2. The molecule has 2 aromatic heterocycles. The standard InChI is InChI=1S/C29H32N4O2/c1-3-23(10-9-21(2)35-20-22-7-5-4-6-8-22)26-19-25-27(13-14-30-28(25)31-26)32-15-17-33(18-16-32)29(34)24-11-12-24/h3-10,13-14,19,24H,1,11-12,15-18,20H2,2H3,(H,30,31)/b21-9+,23-10+. The Morgan fingerprint density at radius 1 is 1.14 bits per heavy atom. The van der Waals surface area contributed by atoms with Crippen molar-refractivity contribution in [3.63, 3.8) is 0 Å². The molecule has 0 spiro atoms. The average molecular weight is 469 g/mol. The van der Waals surface area contributed by atoms with Gasteiger partial charge < -0.3 is 19.5 Å². The van der Waals surface area contributed by atoms with Crippen LogP contribution in [0, 0.1) is 5.92 Å². The van der Waals surface area contributed by atoms with Gasteiger partial charge >= 0.3 is 0 Å². The molecule has 3 aromatic rings. The Morgan fingerprint density at radius 2 is 1.91 bits per heavy atom. The zero-order chi connectivity index (χ0) is 24.2. The number of pyridine rings is 1. The molecule has 35 heavy (non-hydrogen) atoms. The smallest absolute Gasteiger partial charge is 0.225 e. The van der Waals surface area contributed by atoms with Gasteiger partial charge in [0.25, 0.3) is 0 Å². The molecule has 0 bridgehead atoms. The van der Waals surface area contributed by atoms with E-state index in [1.165, 1.54) is 0 Å². The second-order valence-corrected chi connectivity index (χ2v) is 9.24. The number of fused-ring (bicyclic) bond motifs is 1. The van der Waals surface area contributed by atoms with E-state index in [1.54, 1.807) is 0 Å². The van der Waals surface area contributed by atoms with Gasteiger partial charge in [-0.2, -0.15) is 0 Å². The quantitative estimate of drug-likeness (QED) is 0.359. The highest BCUT2D eigenvalue weighted by atomic mass is 16.5. The van der Waals surface area contributed by atoms with Crippen LogP contribution >= 0.6 is 0 Å². The predicted molar refractivity (Wildman–Crippen MR) is 141 cm³/mol. The summed E-state index contributed by atoms with van der Waals surface area (Å²) in [7, 11) is 0. The minimum atomic E-state index is 0.284. The number of amides is 1. The fraction of sp³-hybridized carbons (Fsp3) is 0.310. The van der Waals surface area contributed by atoms with Crippen LogP contribution in [0.25, 0.3) is 16.6 Å². The van der Waals surface area contributed by atoms with Crippen LogP contribution in [0.2, 0.25) is 0 Å². The van der Waals surface area contributed by atoms with E-state index in [0.717, 1.165) is 78.3 Å². The topological polar surface area (TPSA) is 61.5 Å². The largest absolute Gasteiger partial charge is 0.494 e. The molecule has 2 fully saturated rings. The van der Waals surface area contributed by atoms with Gasteiger partial charge in [0, 0.05) is 55.1 Å². The Morgan fingerprint density at radius 3 is 2.63 bits per heavy atom. The van der Waals surface area contributed by atoms with Gasteiger partial charge in [-0.1, -0.05) is 43.0 Å². The molecule has 5 rings (SSSR count). The van der Waals surface area contributed by atoms with Crippen LogP contribution in [0.4, 0.5) is 5.69 Å². The molecule has 0 unspecified atom stereocenters. The number of benzene rings is 1. The number of nitrogens with zero attached hydrogens (tertiary/aromatic N) is 3. The van der Waals surface area contributed by atoms with E-state index < -0.39 is 0 Å². The van der Waals surface area contributed by atoms with Gasteiger partial charge in [0.05, 0.1) is 5.76 Å². The molecular weight excluding hydrogens is 436 g/mol. The van der Waals surface area contributed by atoms with Crippen molar-refractivity contribution in [2.45, 2.75) is 26.4 Å². The molecule has 3 heterocycles. The molecule has 6 heteroatoms. The molecule has 2 aliphatic rings. The lowest BCUT2D eigenvalue weighted by Gasteiger charge is -2.36. The first kappa shape index (κ1) is 23.0. The Labute approximate surface area is 206 Å². The second-order valence-electron chi connectivity index (χ2n) is 9.24. The first-order chi connectivity index (χ1) is 17.1. The van der Waals surface area contributed by atoms with Gasteiger partial charge in [-0.25, -0.2) is 4.98 Å². The second kappa shape index (κ2) is 10.2. The highest BCUT2D eigenvalue weighted by Crippen LogP contribution is 2.33. The van der Waals surface area contributed by atoms with Crippen molar-refractivity contribution in [3.05, 3.63) is 90.5 Å². The number of anilines is 1. The maximum Gasteiger partial charge on any atom is 0.225 e. The first-order valence-electron chi connectivity index (χ1n) is 12.3. The summed E-state index contributed by atoms with van der Waals surface area (Å²) in [4.78, 5) is 24.8. The molecule has 0 radical (unpaired) electrons. The Bertz CT molecular complexity index is 1260. The number of hydrogen-bond acceptors (Lipinski definition) is 4. The summed E-state index contributed by atoms with van der Waals surface area (Å²) in [5.41, 5.74) is 5.07. The van der Waals surface area contributed by atoms with E-state index >= 15 is 0 Å². The van der Waals surface area contributed by atoms with Gasteiger partial charge in [-0.15, -0.1) is 0 Å². The third kappa shape index (κ3) is 5.32. The summed E-state index contributed by atoms with van der Waals surface area (Å²) in [5, 5.41) is 1.08. The Hall–Kier alpha value is -3.80. The third-order valence-corrected chi connectivity index (χ3v) is 6.71. The van der Waals surface area contributed by atoms with Crippen molar-refractivity contribution >= 4 is 28.2 Å². The van der Waals surface area contributed by atoms with E-state index in [4.69, 9.17) is 4.74 Å². The number of carbonyl (C=O) groups excluding carboxylic acids is 1. The number of aromatic nitrogens is 2. The van der Waals surface area contributed by atoms with Crippen LogP contribution in [0.5, 0.6) is 0 Å². The molecule has 1 aliphatic heterocycles. The van der Waals surface area contributed by atoms with Crippen LogP contribution in [0.15, 0.2) is 79.2 Å². The van der Waals surface area contributed by atoms with Crippen LogP contribution in [0.3, 0.4) is 0 Å². The van der Waals surface area contributed by atoms with E-state index in [0.29, 0.717) is 12.5 Å². The fourth-order valence-electron chi connectivity index (χ4n) is 4.49. The predicted octanol–water partition coefficient (Wildman–Crippen LogP) is 5.31. The van der Waals surface area contributed by atoms with Crippen LogP contribution in [0.1, 0.15) is 31.0 Å². The summed E-state index contributed by atoms with van der Waals surface area (Å²) >= 11 is 0. The van der Waals surface area contributed by atoms with E-state index in [2.05, 4.69) is 45.7 Å². The number of carbonyl (C=O) groups is 1. The summed E-state index contributed by atoms with van der Waals surface area (Å²) in [5.74, 6) is 1.46. The lowest BCUT2D eigenvalue weighted by molar-refractivity contribution is -0.132. The summed E-state index contributed by atoms with van der Waals surface area (Å²) in [6.45, 7) is 9.74. The highest BCUT2D eigenvalue weighted by molar-refractivity contribution is 5.94. The molecule has 180 valence electrons. The molecule has 1 amide bonds. The number of ether oxygens (including phenoxy) is 1. The lowest BCUT2D eigenvalue weighted by atomic mass is 10.1. The monoisotopic (exact) mass is 468 g/mol. The number of nitrogens with one attached hydrogen (secondary N) is 1. The van der Waals surface area contributed by atoms with Crippen molar-refractivity contribution in [2.24, 2.45) is 5.92 Å². The molecule has 1 saturated heterocycles. The molecular formula is C29H32N4O2. The number of hydrogen-bond donors (Lipinski definition) is 1. The Balaban J connectivity index is 1.30. The number of piperazine rings is 1. The number of H-pyrrole nitrogens is 1. The van der Waals surface area contributed by atoms with Crippen LogP contribution in [-0.4, -0.2) is 47.0 Å². The minimum absolute atomic E-state index is 0.284. The van der Waals surface area contributed by atoms with Crippen molar-refractivity contribution < 1.29 is 9.53 Å². The van der Waals surface area contributed by atoms with Crippen LogP contribution < -0.4 is 4.90 Å². The van der Waals surface area contributed by atoms with E-state index in [1.807, 2.05) is 54.4 Å². The zero-order valence-electron chi connectivity index (χ0n) is 20.2. The maximum atomic E-state index is 12.4. The first-order valence-corrected chi connectivity index (χ1v) is 12.3. The minimum Gasteiger partial charge on any atom is -0.494 e. The Kier molecular flexibility index (Phi) is 6.70. The van der Waals surface area contributed by atoms with E-state index in [9.17, 15) is 4.79 Å². The van der Waals surface area contributed by atoms with Crippen molar-refractivity contribution in [1.29, 1.82) is 0 Å². The molecule has 0 atom stereocenters.